The fourth-order valence-corrected chi connectivity index (χ4v) is 2.94. The lowest BCUT2D eigenvalue weighted by molar-refractivity contribution is -0.139. The smallest absolute Gasteiger partial charge is 0.480 e. The highest BCUT2D eigenvalue weighted by Crippen LogP contribution is 2.20. The highest BCUT2D eigenvalue weighted by molar-refractivity contribution is 6.15. The Morgan fingerprint density at radius 2 is 1.75 bits per heavy atom. The summed E-state index contributed by atoms with van der Waals surface area (Å²) in [7, 11) is 0.632. The largest absolute Gasteiger partial charge is 0.486 e. The maximum absolute atomic E-state index is 11.8. The maximum Gasteiger partial charge on any atom is 0.486 e. The maximum atomic E-state index is 11.8. The first-order valence-electron chi connectivity index (χ1n) is 10.5. The Kier molecular flexibility index (Phi) is 11.2. The Labute approximate surface area is 190 Å². The Balaban J connectivity index is 0.000000482. The van der Waals surface area contributed by atoms with Crippen LogP contribution >= 0.6 is 0 Å². The fourth-order valence-electron chi connectivity index (χ4n) is 2.94. The van der Waals surface area contributed by atoms with Crippen molar-refractivity contribution in [1.82, 2.24) is 5.32 Å². The monoisotopic (exact) mass is 445 g/mol. The van der Waals surface area contributed by atoms with Crippen LogP contribution in [0.1, 0.15) is 46.6 Å². The number of benzene rings is 2. The van der Waals surface area contributed by atoms with Crippen LogP contribution < -0.4 is 11.1 Å². The van der Waals surface area contributed by atoms with Gasteiger partial charge in [0.15, 0.2) is 0 Å². The van der Waals surface area contributed by atoms with E-state index in [0.29, 0.717) is 13.6 Å². The van der Waals surface area contributed by atoms with Gasteiger partial charge in [-0.1, -0.05) is 56.3 Å². The molecule has 2 aromatic rings. The molecule has 0 fully saturated rings. The molecule has 0 aromatic heterocycles. The molecule has 0 unspecified atom stereocenters. The number of aliphatic carboxylic acids is 1. The average molecular weight is 445 g/mol. The molecule has 0 aliphatic carbocycles. The molecule has 0 spiro atoms. The number of hydrogen-bond donors (Lipinski definition) is 4. The zero-order chi connectivity index (χ0) is 24.3. The van der Waals surface area contributed by atoms with Crippen molar-refractivity contribution in [2.24, 2.45) is 11.7 Å². The minimum absolute atomic E-state index is 0.190. The van der Waals surface area contributed by atoms with Crippen molar-refractivity contribution in [1.29, 1.82) is 0 Å². The van der Waals surface area contributed by atoms with Gasteiger partial charge in [-0.05, 0) is 49.4 Å². The lowest BCUT2D eigenvalue weighted by Crippen LogP contribution is -2.44. The molecule has 2 atom stereocenters. The standard InChI is InChI=1S/C18H21NO4.C5H13BNO2/c1-18(2,3)23-17(22)19-15(16(20)21)11-13-9-6-8-12-7-4-5-10-14(12)13;1-4(2)3-5(7)9-6-8/h4-10,15H,11H2,1-3H3,(H,19,22)(H,20,21);4-5,8H,3,7H2,1-2H3/t15-;5-/m01/s1. The lowest BCUT2D eigenvalue weighted by Gasteiger charge is -2.22. The number of fused-ring (bicyclic) bond motifs is 1. The fraction of sp³-hybridized carbons (Fsp3) is 0.478. The number of amides is 1. The summed E-state index contributed by atoms with van der Waals surface area (Å²) < 4.78 is 9.69. The average Bonchev–Trinajstić information content (AvgIpc) is 2.66. The van der Waals surface area contributed by atoms with Crippen molar-refractivity contribution in [3.63, 3.8) is 0 Å². The number of nitrogens with two attached hydrogens (primary N) is 1. The molecule has 2 aromatic carbocycles. The van der Waals surface area contributed by atoms with Gasteiger partial charge in [0, 0.05) is 6.42 Å². The Hall–Kier alpha value is -2.62. The van der Waals surface area contributed by atoms with Crippen molar-refractivity contribution in [2.45, 2.75) is 65.3 Å². The van der Waals surface area contributed by atoms with E-state index >= 15 is 0 Å². The first-order chi connectivity index (χ1) is 14.9. The van der Waals surface area contributed by atoms with E-state index in [4.69, 9.17) is 15.5 Å². The summed E-state index contributed by atoms with van der Waals surface area (Å²) in [5, 5.41) is 21.9. The summed E-state index contributed by atoms with van der Waals surface area (Å²) in [6.07, 6.45) is -0.146. The molecule has 0 heterocycles. The van der Waals surface area contributed by atoms with Crippen molar-refractivity contribution in [3.8, 4) is 0 Å². The highest BCUT2D eigenvalue weighted by atomic mass is 16.6. The second kappa shape index (κ2) is 13.1. The van der Waals surface area contributed by atoms with Crippen molar-refractivity contribution < 1.29 is 29.1 Å². The number of nitrogens with one attached hydrogen (secondary N) is 1. The van der Waals surface area contributed by atoms with Crippen LogP contribution in [0.5, 0.6) is 0 Å². The molecule has 1 radical (unpaired) electrons. The Bertz CT molecular complexity index is 864. The SMILES string of the molecule is CC(C)(C)OC(=O)N[C@@H](Cc1cccc2ccccc12)C(=O)O.CC(C)C[C@H](N)O[B]O. The zero-order valence-corrected chi connectivity index (χ0v) is 19.4. The third kappa shape index (κ3) is 10.6. The molecular formula is C23H34BN2O6. The number of hydrogen-bond acceptors (Lipinski definition) is 6. The molecule has 0 aliphatic heterocycles. The van der Waals surface area contributed by atoms with Gasteiger partial charge in [-0.3, -0.25) is 0 Å². The van der Waals surface area contributed by atoms with Crippen LogP contribution in [0.4, 0.5) is 4.79 Å². The number of carboxylic acid groups (broad SMARTS) is 1. The van der Waals surface area contributed by atoms with Crippen LogP contribution in [-0.2, 0) is 20.6 Å². The number of rotatable bonds is 8. The molecule has 0 saturated heterocycles. The van der Waals surface area contributed by atoms with Crippen LogP contribution in [0.25, 0.3) is 10.8 Å². The molecule has 8 nitrogen and oxygen atoms in total. The predicted molar refractivity (Wildman–Crippen MR) is 125 cm³/mol. The summed E-state index contributed by atoms with van der Waals surface area (Å²) in [6, 6.07) is 12.4. The van der Waals surface area contributed by atoms with Gasteiger partial charge in [-0.15, -0.1) is 0 Å². The molecule has 5 N–H and O–H groups in total. The second-order valence-corrected chi connectivity index (χ2v) is 8.79. The summed E-state index contributed by atoms with van der Waals surface area (Å²) >= 11 is 0. The van der Waals surface area contributed by atoms with Gasteiger partial charge in [0.25, 0.3) is 0 Å². The minimum Gasteiger partial charge on any atom is -0.480 e. The van der Waals surface area contributed by atoms with Crippen LogP contribution in [0.2, 0.25) is 0 Å². The predicted octanol–water partition coefficient (Wildman–Crippen LogP) is 3.22. The van der Waals surface area contributed by atoms with E-state index in [1.807, 2.05) is 56.3 Å². The molecule has 32 heavy (non-hydrogen) atoms. The summed E-state index contributed by atoms with van der Waals surface area (Å²) in [4.78, 5) is 23.3. The van der Waals surface area contributed by atoms with E-state index in [2.05, 4.69) is 9.97 Å². The van der Waals surface area contributed by atoms with Crippen molar-refractivity contribution in [3.05, 3.63) is 48.0 Å². The molecule has 1 amide bonds. The van der Waals surface area contributed by atoms with Gasteiger partial charge >= 0.3 is 19.7 Å². The summed E-state index contributed by atoms with van der Waals surface area (Å²) in [5.41, 5.74) is 5.56. The lowest BCUT2D eigenvalue weighted by atomic mass is 9.99. The summed E-state index contributed by atoms with van der Waals surface area (Å²) in [6.45, 7) is 9.27. The molecule has 9 heteroatoms. The van der Waals surface area contributed by atoms with E-state index in [1.165, 1.54) is 0 Å². The topological polar surface area (TPSA) is 131 Å². The van der Waals surface area contributed by atoms with Gasteiger partial charge in [0.2, 0.25) is 0 Å². The van der Waals surface area contributed by atoms with E-state index in [9.17, 15) is 14.7 Å². The van der Waals surface area contributed by atoms with E-state index < -0.39 is 23.7 Å². The minimum atomic E-state index is -1.09. The number of ether oxygens (including phenoxy) is 1. The third-order valence-electron chi connectivity index (χ3n) is 4.23. The molecular weight excluding hydrogens is 411 g/mol. The quantitative estimate of drug-likeness (QED) is 0.362. The van der Waals surface area contributed by atoms with E-state index in [1.54, 1.807) is 20.8 Å². The van der Waals surface area contributed by atoms with Gasteiger partial charge < -0.3 is 30.6 Å². The van der Waals surface area contributed by atoms with E-state index in [-0.39, 0.29) is 12.6 Å². The van der Waals surface area contributed by atoms with Crippen molar-refractivity contribution >= 4 is 30.5 Å². The van der Waals surface area contributed by atoms with E-state index in [0.717, 1.165) is 22.8 Å². The molecule has 0 bridgehead atoms. The normalized spacial score (nSPS) is 13.0. The molecule has 0 aliphatic rings. The number of carboxylic acids is 1. The van der Waals surface area contributed by atoms with Crippen LogP contribution in [0.3, 0.4) is 0 Å². The Morgan fingerprint density at radius 3 is 2.31 bits per heavy atom. The third-order valence-corrected chi connectivity index (χ3v) is 4.23. The number of carbonyl (C=O) groups is 2. The first kappa shape index (κ1) is 27.4. The molecule has 0 saturated carbocycles. The van der Waals surface area contributed by atoms with Crippen molar-refractivity contribution in [2.75, 3.05) is 0 Å². The van der Waals surface area contributed by atoms with Crippen LogP contribution in [0, 0.1) is 5.92 Å². The van der Waals surface area contributed by atoms with Gasteiger partial charge in [0.1, 0.15) is 11.6 Å². The zero-order valence-electron chi connectivity index (χ0n) is 19.4. The number of alkyl carbamates (subject to hydrolysis) is 1. The van der Waals surface area contributed by atoms with Gasteiger partial charge in [0.05, 0.1) is 6.23 Å². The Morgan fingerprint density at radius 1 is 1.12 bits per heavy atom. The second-order valence-electron chi connectivity index (χ2n) is 8.79. The van der Waals surface area contributed by atoms with Gasteiger partial charge in [-0.2, -0.15) is 0 Å². The molecule has 175 valence electrons. The van der Waals surface area contributed by atoms with Crippen LogP contribution in [-0.4, -0.2) is 47.7 Å². The van der Waals surface area contributed by atoms with Gasteiger partial charge in [-0.25, -0.2) is 9.59 Å². The molecule has 2 rings (SSSR count). The summed E-state index contributed by atoms with van der Waals surface area (Å²) in [5.74, 6) is -0.594. The highest BCUT2D eigenvalue weighted by Gasteiger charge is 2.24. The number of carbonyl (C=O) groups excluding carboxylic acids is 1. The van der Waals surface area contributed by atoms with Crippen LogP contribution in [0.15, 0.2) is 42.5 Å². The first-order valence-corrected chi connectivity index (χ1v) is 10.5.